The van der Waals surface area contributed by atoms with Crippen LogP contribution in [0.5, 0.6) is 11.5 Å². The van der Waals surface area contributed by atoms with Crippen molar-refractivity contribution < 1.29 is 31.9 Å². The summed E-state index contributed by atoms with van der Waals surface area (Å²) in [4.78, 5) is 28.2. The molecule has 0 aliphatic carbocycles. The van der Waals surface area contributed by atoms with E-state index in [-0.39, 0.29) is 22.9 Å². The van der Waals surface area contributed by atoms with Crippen LogP contribution in [0.15, 0.2) is 77.7 Å². The summed E-state index contributed by atoms with van der Waals surface area (Å²) in [5, 5.41) is 2.88. The number of hydrogen-bond acceptors (Lipinski definition) is 6. The highest BCUT2D eigenvalue weighted by Gasteiger charge is 2.33. The van der Waals surface area contributed by atoms with Gasteiger partial charge in [0, 0.05) is 18.2 Å². The molecule has 0 heterocycles. The predicted molar refractivity (Wildman–Crippen MR) is 155 cm³/mol. The van der Waals surface area contributed by atoms with Gasteiger partial charge in [0.25, 0.3) is 10.0 Å². The Bertz CT molecular complexity index is 1460. The monoisotopic (exact) mass is 585 g/mol. The molecular weight excluding hydrogens is 549 g/mol. The summed E-state index contributed by atoms with van der Waals surface area (Å²) in [6.45, 7) is 6.48. The maximum absolute atomic E-state index is 14.0. The predicted octanol–water partition coefficient (Wildman–Crippen LogP) is 4.37. The summed E-state index contributed by atoms with van der Waals surface area (Å²) in [7, 11) is -1.57. The molecule has 3 aromatic carbocycles. The van der Waals surface area contributed by atoms with E-state index in [0.717, 1.165) is 22.0 Å². The fourth-order valence-electron chi connectivity index (χ4n) is 4.08. The zero-order chi connectivity index (χ0) is 30.4. The molecule has 3 aromatic rings. The van der Waals surface area contributed by atoms with E-state index in [4.69, 9.17) is 9.47 Å². The summed E-state index contributed by atoms with van der Waals surface area (Å²) in [5.74, 6) is -1.08. The smallest absolute Gasteiger partial charge is 0.264 e. The maximum Gasteiger partial charge on any atom is 0.264 e. The van der Waals surface area contributed by atoms with Gasteiger partial charge in [0.15, 0.2) is 11.5 Å². The van der Waals surface area contributed by atoms with Crippen LogP contribution in [0.4, 0.5) is 10.1 Å². The van der Waals surface area contributed by atoms with Crippen molar-refractivity contribution in [3.05, 3.63) is 84.2 Å². The molecule has 0 spiro atoms. The van der Waals surface area contributed by atoms with E-state index in [1.807, 2.05) is 51.1 Å². The van der Waals surface area contributed by atoms with Gasteiger partial charge in [0.05, 0.1) is 24.8 Å². The fraction of sp³-hybridized carbons (Fsp3) is 0.333. The second-order valence-electron chi connectivity index (χ2n) is 10.4. The first kappa shape index (κ1) is 31.4. The van der Waals surface area contributed by atoms with Gasteiger partial charge < -0.3 is 19.7 Å². The van der Waals surface area contributed by atoms with Crippen LogP contribution in [0.3, 0.4) is 0 Å². The van der Waals surface area contributed by atoms with E-state index in [2.05, 4.69) is 5.32 Å². The van der Waals surface area contributed by atoms with E-state index in [0.29, 0.717) is 5.75 Å². The molecule has 0 unspecified atom stereocenters. The number of carbonyl (C=O) groups excluding carboxylic acids is 2. The summed E-state index contributed by atoms with van der Waals surface area (Å²) in [6, 6.07) is 17.0. The molecule has 11 heteroatoms. The number of nitrogens with zero attached hydrogens (tertiary/aromatic N) is 2. The van der Waals surface area contributed by atoms with Gasteiger partial charge >= 0.3 is 0 Å². The van der Waals surface area contributed by atoms with Gasteiger partial charge in [-0.3, -0.25) is 13.9 Å². The number of carbonyl (C=O) groups is 2. The van der Waals surface area contributed by atoms with Crippen molar-refractivity contribution in [3.8, 4) is 11.5 Å². The van der Waals surface area contributed by atoms with Gasteiger partial charge in [-0.25, -0.2) is 12.8 Å². The molecule has 0 aromatic heterocycles. The second-order valence-corrected chi connectivity index (χ2v) is 12.3. The Hall–Kier alpha value is -4.12. The molecular formula is C30H36FN3O6S. The minimum Gasteiger partial charge on any atom is -0.493 e. The number of hydrogen-bond donors (Lipinski definition) is 1. The molecule has 0 saturated heterocycles. The van der Waals surface area contributed by atoms with E-state index >= 15 is 0 Å². The molecule has 0 fully saturated rings. The van der Waals surface area contributed by atoms with E-state index in [1.165, 1.54) is 49.5 Å². The molecule has 0 saturated carbocycles. The van der Waals surface area contributed by atoms with Crippen molar-refractivity contribution >= 4 is 27.5 Å². The lowest BCUT2D eigenvalue weighted by Gasteiger charge is -2.33. The van der Waals surface area contributed by atoms with Crippen molar-refractivity contribution in [1.29, 1.82) is 0 Å². The molecule has 2 amide bonds. The largest absolute Gasteiger partial charge is 0.493 e. The molecule has 0 aliphatic rings. The van der Waals surface area contributed by atoms with E-state index in [1.54, 1.807) is 6.92 Å². The molecule has 1 atom stereocenters. The summed E-state index contributed by atoms with van der Waals surface area (Å²) in [5.41, 5.74) is 0.275. The molecule has 9 nitrogen and oxygen atoms in total. The minimum absolute atomic E-state index is 0.0616. The Kier molecular flexibility index (Phi) is 9.98. The number of methoxy groups -OCH3 is 2. The number of benzene rings is 3. The van der Waals surface area contributed by atoms with E-state index < -0.39 is 45.8 Å². The third-order valence-electron chi connectivity index (χ3n) is 6.20. The van der Waals surface area contributed by atoms with Gasteiger partial charge in [0.2, 0.25) is 11.8 Å². The molecule has 0 bridgehead atoms. The Morgan fingerprint density at radius 3 is 2.10 bits per heavy atom. The first-order chi connectivity index (χ1) is 19.3. The molecule has 0 radical (unpaired) electrons. The topological polar surface area (TPSA) is 105 Å². The van der Waals surface area contributed by atoms with Crippen molar-refractivity contribution in [1.82, 2.24) is 10.2 Å². The minimum atomic E-state index is -4.37. The third kappa shape index (κ3) is 7.97. The van der Waals surface area contributed by atoms with Crippen LogP contribution in [0.25, 0.3) is 0 Å². The van der Waals surface area contributed by atoms with Crippen LogP contribution < -0.4 is 19.1 Å². The van der Waals surface area contributed by atoms with Crippen LogP contribution in [0, 0.1) is 5.82 Å². The molecule has 1 N–H and O–H groups in total. The normalized spacial score (nSPS) is 12.3. The Morgan fingerprint density at radius 2 is 1.54 bits per heavy atom. The highest BCUT2D eigenvalue weighted by Crippen LogP contribution is 2.32. The van der Waals surface area contributed by atoms with Crippen molar-refractivity contribution in [2.45, 2.75) is 50.7 Å². The number of amides is 2. The standard InChI is InChI=1S/C30H36FN3O6S/c1-21(29(36)32-30(2,3)4)33(19-22-10-8-7-9-11-22)28(35)20-34(24-14-12-23(31)13-15-24)41(37,38)25-16-17-26(39-5)27(18-25)40-6/h7-18,21H,19-20H2,1-6H3,(H,32,36)/t21-/m0/s1. The first-order valence-electron chi connectivity index (χ1n) is 12.9. The third-order valence-corrected chi connectivity index (χ3v) is 7.97. The lowest BCUT2D eigenvalue weighted by molar-refractivity contribution is -0.140. The average molecular weight is 586 g/mol. The second kappa shape index (κ2) is 13.0. The van der Waals surface area contributed by atoms with Crippen LogP contribution in [-0.4, -0.2) is 57.5 Å². The first-order valence-corrected chi connectivity index (χ1v) is 14.4. The highest BCUT2D eigenvalue weighted by molar-refractivity contribution is 7.92. The fourth-order valence-corrected chi connectivity index (χ4v) is 5.51. The van der Waals surface area contributed by atoms with Crippen LogP contribution in [0.1, 0.15) is 33.3 Å². The molecule has 41 heavy (non-hydrogen) atoms. The number of sulfonamides is 1. The quantitative estimate of drug-likeness (QED) is 0.358. The van der Waals surface area contributed by atoms with Gasteiger partial charge in [-0.15, -0.1) is 0 Å². The molecule has 220 valence electrons. The zero-order valence-electron chi connectivity index (χ0n) is 24.0. The molecule has 0 aliphatic heterocycles. The molecule has 3 rings (SSSR count). The number of ether oxygens (including phenoxy) is 2. The average Bonchev–Trinajstić information content (AvgIpc) is 2.93. The summed E-state index contributed by atoms with van der Waals surface area (Å²) in [6.07, 6.45) is 0. The number of anilines is 1. The van der Waals surface area contributed by atoms with E-state index in [9.17, 15) is 22.4 Å². The van der Waals surface area contributed by atoms with Crippen LogP contribution in [-0.2, 0) is 26.2 Å². The van der Waals surface area contributed by atoms with Crippen molar-refractivity contribution in [2.24, 2.45) is 0 Å². The zero-order valence-corrected chi connectivity index (χ0v) is 24.9. The summed E-state index contributed by atoms with van der Waals surface area (Å²) < 4.78 is 53.1. The lowest BCUT2D eigenvalue weighted by Crippen LogP contribution is -2.54. The van der Waals surface area contributed by atoms with Gasteiger partial charge in [-0.1, -0.05) is 30.3 Å². The highest BCUT2D eigenvalue weighted by atomic mass is 32.2. The van der Waals surface area contributed by atoms with Crippen molar-refractivity contribution in [2.75, 3.05) is 25.1 Å². The Balaban J connectivity index is 2.06. The van der Waals surface area contributed by atoms with Gasteiger partial charge in [-0.2, -0.15) is 0 Å². The lowest BCUT2D eigenvalue weighted by atomic mass is 10.1. The maximum atomic E-state index is 14.0. The Morgan fingerprint density at radius 1 is 0.927 bits per heavy atom. The number of nitrogens with one attached hydrogen (secondary N) is 1. The van der Waals surface area contributed by atoms with Crippen LogP contribution in [0.2, 0.25) is 0 Å². The SMILES string of the molecule is COc1ccc(S(=O)(=O)N(CC(=O)N(Cc2ccccc2)[C@@H](C)C(=O)NC(C)(C)C)c2ccc(F)cc2)cc1OC. The van der Waals surface area contributed by atoms with Crippen molar-refractivity contribution in [3.63, 3.8) is 0 Å². The number of rotatable bonds is 11. The van der Waals surface area contributed by atoms with Gasteiger partial charge in [-0.05, 0) is 69.7 Å². The summed E-state index contributed by atoms with van der Waals surface area (Å²) >= 11 is 0. The number of halogens is 1. The Labute approximate surface area is 240 Å². The van der Waals surface area contributed by atoms with Gasteiger partial charge in [0.1, 0.15) is 18.4 Å². The van der Waals surface area contributed by atoms with Crippen LogP contribution >= 0.6 is 0 Å².